The van der Waals surface area contributed by atoms with Gasteiger partial charge >= 0.3 is 21.6 Å². The third-order valence-corrected chi connectivity index (χ3v) is 8.31. The molecule has 2 amide bonds. The van der Waals surface area contributed by atoms with Crippen LogP contribution in [-0.2, 0) is 37.4 Å². The topological polar surface area (TPSA) is 106 Å². The lowest BCUT2D eigenvalue weighted by Gasteiger charge is -2.40. The second kappa shape index (κ2) is 8.99. The predicted octanol–water partition coefficient (Wildman–Crippen LogP) is 3.70. The zero-order valence-corrected chi connectivity index (χ0v) is 20.2. The fourth-order valence-corrected chi connectivity index (χ4v) is 6.03. The summed E-state index contributed by atoms with van der Waals surface area (Å²) in [4.78, 5) is 32.2. The van der Waals surface area contributed by atoms with Gasteiger partial charge in [0.25, 0.3) is 5.91 Å². The van der Waals surface area contributed by atoms with Crippen molar-refractivity contribution in [3.63, 3.8) is 0 Å². The Morgan fingerprint density at radius 1 is 1.23 bits per heavy atom. The molecule has 1 spiro atoms. The Labute approximate surface area is 200 Å². The third kappa shape index (κ3) is 4.23. The van der Waals surface area contributed by atoms with Gasteiger partial charge in [-0.15, -0.1) is 0 Å². The monoisotopic (exact) mass is 517 g/mol. The van der Waals surface area contributed by atoms with Crippen LogP contribution in [0, 0.1) is 5.41 Å². The number of amides is 2. The van der Waals surface area contributed by atoms with Crippen LogP contribution < -0.4 is 4.31 Å². The summed E-state index contributed by atoms with van der Waals surface area (Å²) in [5, 5.41) is 4.00. The molecule has 5 rings (SSSR count). The lowest BCUT2D eigenvalue weighted by molar-refractivity contribution is -0.127. The van der Waals surface area contributed by atoms with Crippen LogP contribution in [0.25, 0.3) is 0 Å². The van der Waals surface area contributed by atoms with Gasteiger partial charge in [0, 0.05) is 24.1 Å². The highest BCUT2D eigenvalue weighted by molar-refractivity contribution is 7.94. The van der Waals surface area contributed by atoms with Crippen LogP contribution in [0.3, 0.4) is 0 Å². The number of piperidine rings is 1. The summed E-state index contributed by atoms with van der Waals surface area (Å²) in [6, 6.07) is 2.92. The number of nitrogens with zero attached hydrogens (tertiary/aromatic N) is 3. The molecular weight excluding hydrogens is 491 g/mol. The first-order chi connectivity index (χ1) is 16.4. The van der Waals surface area contributed by atoms with Crippen molar-refractivity contribution >= 4 is 33.4 Å². The number of benzene rings is 1. The maximum atomic E-state index is 13.5. The molecule has 0 radical (unpaired) electrons. The minimum absolute atomic E-state index is 0.147. The molecule has 1 saturated carbocycles. The zero-order valence-electron chi connectivity index (χ0n) is 19.4. The van der Waals surface area contributed by atoms with Crippen molar-refractivity contribution in [2.45, 2.75) is 57.5 Å². The van der Waals surface area contributed by atoms with E-state index in [2.05, 4.69) is 9.89 Å². The summed E-state index contributed by atoms with van der Waals surface area (Å²) in [6.45, 7) is 1.15. The summed E-state index contributed by atoms with van der Waals surface area (Å²) in [5.41, 5.74) is -5.05. The molecule has 4 aliphatic rings. The molecule has 0 aromatic heterocycles. The van der Waals surface area contributed by atoms with Gasteiger partial charge in [0.2, 0.25) is 0 Å². The molecule has 192 valence electrons. The Morgan fingerprint density at radius 3 is 2.46 bits per heavy atom. The molecule has 2 fully saturated rings. The largest absolute Gasteiger partial charge is 0.517 e. The predicted molar refractivity (Wildman–Crippen MR) is 119 cm³/mol. The first kappa shape index (κ1) is 25.3. The number of oxime groups is 1. The van der Waals surface area contributed by atoms with E-state index < -0.39 is 38.6 Å². The van der Waals surface area contributed by atoms with E-state index in [0.717, 1.165) is 25.7 Å². The molecule has 1 aromatic carbocycles. The van der Waals surface area contributed by atoms with E-state index in [9.17, 15) is 31.2 Å². The maximum absolute atomic E-state index is 13.5. The SMILES string of the molecule is CCOC(=O)N(c1cc2cc(c1CN1CCC3(CCCC3)/C(=N\OC)C1=O)C2)S(=O)(=O)C(F)(F)F. The van der Waals surface area contributed by atoms with Crippen LogP contribution in [0.15, 0.2) is 17.3 Å². The van der Waals surface area contributed by atoms with Gasteiger partial charge < -0.3 is 14.5 Å². The Balaban J connectivity index is 1.73. The quantitative estimate of drug-likeness (QED) is 0.541. The Hall–Kier alpha value is -2.83. The number of hydrogen-bond donors (Lipinski definition) is 0. The van der Waals surface area contributed by atoms with Crippen molar-refractivity contribution in [2.75, 3.05) is 24.6 Å². The Kier molecular flexibility index (Phi) is 6.49. The van der Waals surface area contributed by atoms with E-state index in [1.807, 2.05) is 0 Å². The van der Waals surface area contributed by atoms with E-state index in [1.54, 1.807) is 6.07 Å². The zero-order chi connectivity index (χ0) is 25.6. The van der Waals surface area contributed by atoms with Gasteiger partial charge in [-0.1, -0.05) is 24.1 Å². The minimum Gasteiger partial charge on any atom is -0.449 e. The average Bonchev–Trinajstić information content (AvgIpc) is 3.22. The maximum Gasteiger partial charge on any atom is 0.517 e. The number of anilines is 1. The summed E-state index contributed by atoms with van der Waals surface area (Å²) in [6.07, 6.45) is 2.83. The van der Waals surface area contributed by atoms with E-state index in [0.29, 0.717) is 30.5 Å². The molecule has 1 aliphatic heterocycles. The van der Waals surface area contributed by atoms with Crippen LogP contribution in [0.5, 0.6) is 0 Å². The van der Waals surface area contributed by atoms with Crippen LogP contribution in [0.2, 0.25) is 0 Å². The number of likely N-dealkylation sites (tertiary alicyclic amines) is 1. The third-order valence-electron chi connectivity index (χ3n) is 6.90. The second-order valence-electron chi connectivity index (χ2n) is 8.93. The number of ether oxygens (including phenoxy) is 1. The lowest BCUT2D eigenvalue weighted by atomic mass is 9.74. The van der Waals surface area contributed by atoms with Crippen LogP contribution in [-0.4, -0.2) is 56.8 Å². The summed E-state index contributed by atoms with van der Waals surface area (Å²) in [7, 11) is -4.76. The molecule has 35 heavy (non-hydrogen) atoms. The van der Waals surface area contributed by atoms with Crippen molar-refractivity contribution in [2.24, 2.45) is 10.6 Å². The molecule has 3 aliphatic carbocycles. The number of carbonyl (C=O) groups excluding carboxylic acids is 2. The van der Waals surface area contributed by atoms with Gasteiger partial charge in [-0.2, -0.15) is 25.9 Å². The number of halogens is 3. The minimum atomic E-state index is -6.11. The van der Waals surface area contributed by atoms with Crippen LogP contribution in [0.1, 0.15) is 55.7 Å². The molecule has 1 heterocycles. The van der Waals surface area contributed by atoms with E-state index in [1.165, 1.54) is 25.0 Å². The van der Waals surface area contributed by atoms with E-state index in [4.69, 9.17) is 4.84 Å². The number of carbonyl (C=O) groups is 2. The second-order valence-corrected chi connectivity index (χ2v) is 10.7. The van der Waals surface area contributed by atoms with Crippen LogP contribution in [0.4, 0.5) is 23.7 Å². The number of alkyl halides is 3. The van der Waals surface area contributed by atoms with Gasteiger partial charge in [-0.05, 0) is 49.8 Å². The van der Waals surface area contributed by atoms with Crippen molar-refractivity contribution < 1.29 is 40.8 Å². The highest BCUT2D eigenvalue weighted by Gasteiger charge is 2.54. The number of rotatable bonds is 6. The smallest absolute Gasteiger partial charge is 0.449 e. The van der Waals surface area contributed by atoms with Crippen molar-refractivity contribution in [1.82, 2.24) is 4.90 Å². The summed E-state index contributed by atoms with van der Waals surface area (Å²) < 4.78 is 69.7. The van der Waals surface area contributed by atoms with Gasteiger partial charge in [-0.25, -0.2) is 4.79 Å². The standard InChI is InChI=1S/C22H26F3N3O6S/c1-3-34-20(30)28(35(31,32)22(23,24)25)17-12-14-10-15(11-14)16(17)13-27-9-8-21(6-4-5-7-21)18(19(27)29)26-33-2/h10,12H,3-9,11,13H2,1-2H3/b26-18-. The highest BCUT2D eigenvalue weighted by atomic mass is 32.2. The highest BCUT2D eigenvalue weighted by Crippen LogP contribution is 2.46. The summed E-state index contributed by atoms with van der Waals surface area (Å²) >= 11 is 0. The Bertz CT molecular complexity index is 1180. The summed E-state index contributed by atoms with van der Waals surface area (Å²) in [5.74, 6) is -0.414. The fourth-order valence-electron chi connectivity index (χ4n) is 5.16. The number of fused-ring (bicyclic) bond motifs is 2. The normalized spacial score (nSPS) is 20.2. The van der Waals surface area contributed by atoms with Crippen LogP contribution >= 0.6 is 0 Å². The lowest BCUT2D eigenvalue weighted by Crippen LogP contribution is -2.51. The number of sulfonamides is 1. The first-order valence-corrected chi connectivity index (χ1v) is 12.7. The molecule has 0 N–H and O–H groups in total. The molecule has 0 atom stereocenters. The molecule has 0 unspecified atom stereocenters. The van der Waals surface area contributed by atoms with Gasteiger partial charge in [0.15, 0.2) is 5.71 Å². The van der Waals surface area contributed by atoms with Gasteiger partial charge in [0.1, 0.15) is 7.11 Å². The first-order valence-electron chi connectivity index (χ1n) is 11.3. The molecule has 1 aromatic rings. The molecule has 13 heteroatoms. The Morgan fingerprint density at radius 2 is 1.89 bits per heavy atom. The molecule has 9 nitrogen and oxygen atoms in total. The van der Waals surface area contributed by atoms with Gasteiger partial charge in [-0.3, -0.25) is 4.79 Å². The van der Waals surface area contributed by atoms with Gasteiger partial charge in [0.05, 0.1) is 12.3 Å². The molecule has 1 saturated heterocycles. The van der Waals surface area contributed by atoms with Crippen molar-refractivity contribution in [1.29, 1.82) is 0 Å². The van der Waals surface area contributed by atoms with Crippen molar-refractivity contribution in [3.05, 3.63) is 28.8 Å². The van der Waals surface area contributed by atoms with E-state index >= 15 is 0 Å². The average molecular weight is 518 g/mol. The molecule has 2 bridgehead atoms. The van der Waals surface area contributed by atoms with Crippen molar-refractivity contribution in [3.8, 4) is 0 Å². The fraction of sp³-hybridized carbons (Fsp3) is 0.591. The molecular formula is C22H26F3N3O6S. The number of hydrogen-bond acceptors (Lipinski definition) is 7. The van der Waals surface area contributed by atoms with E-state index in [-0.39, 0.29) is 28.7 Å².